The molecule has 5 rings (SSSR count). The molecule has 0 saturated carbocycles. The van der Waals surface area contributed by atoms with E-state index in [4.69, 9.17) is 4.99 Å². The summed E-state index contributed by atoms with van der Waals surface area (Å²) in [5.41, 5.74) is 1.63. The smallest absolute Gasteiger partial charge is 0.253 e. The SMILES string of the molecule is CCC1CN2C=NC(N3CCN(C(=O)c4ccc5ncccc5c4)CC3)=CC2=N1. The van der Waals surface area contributed by atoms with Gasteiger partial charge in [0.2, 0.25) is 0 Å². The van der Waals surface area contributed by atoms with Crippen molar-refractivity contribution >= 4 is 29.0 Å². The number of aromatic nitrogens is 1. The first-order chi connectivity index (χ1) is 14.2. The van der Waals surface area contributed by atoms with Crippen molar-refractivity contribution in [2.45, 2.75) is 19.4 Å². The number of carbonyl (C=O) groups excluding carboxylic acids is 1. The van der Waals surface area contributed by atoms with E-state index in [0.29, 0.717) is 19.1 Å². The number of fused-ring (bicyclic) bond motifs is 2. The zero-order chi connectivity index (χ0) is 19.8. The Kier molecular flexibility index (Phi) is 4.50. The van der Waals surface area contributed by atoms with E-state index in [1.165, 1.54) is 0 Å². The van der Waals surface area contributed by atoms with E-state index in [1.54, 1.807) is 6.20 Å². The molecular weight excluding hydrogens is 364 g/mol. The number of hydrogen-bond donors (Lipinski definition) is 0. The number of pyridine rings is 1. The quantitative estimate of drug-likeness (QED) is 0.810. The summed E-state index contributed by atoms with van der Waals surface area (Å²) in [5, 5.41) is 0.992. The molecule has 0 N–H and O–H groups in total. The van der Waals surface area contributed by atoms with Gasteiger partial charge in [0.25, 0.3) is 5.91 Å². The van der Waals surface area contributed by atoms with E-state index < -0.39 is 0 Å². The van der Waals surface area contributed by atoms with Crippen molar-refractivity contribution in [1.29, 1.82) is 0 Å². The molecule has 3 aliphatic rings. The number of hydrogen-bond acceptors (Lipinski definition) is 6. The van der Waals surface area contributed by atoms with Crippen LogP contribution < -0.4 is 0 Å². The van der Waals surface area contributed by atoms with Crippen molar-refractivity contribution in [1.82, 2.24) is 19.7 Å². The lowest BCUT2D eigenvalue weighted by Crippen LogP contribution is -2.48. The molecule has 148 valence electrons. The number of nitrogens with zero attached hydrogens (tertiary/aromatic N) is 6. The molecule has 4 heterocycles. The Morgan fingerprint density at radius 1 is 1.17 bits per heavy atom. The maximum atomic E-state index is 13.0. The maximum Gasteiger partial charge on any atom is 0.253 e. The first-order valence-corrected chi connectivity index (χ1v) is 10.2. The molecule has 0 radical (unpaired) electrons. The van der Waals surface area contributed by atoms with Gasteiger partial charge in [0, 0.05) is 55.9 Å². The van der Waals surface area contributed by atoms with Crippen LogP contribution in [0, 0.1) is 0 Å². The molecule has 7 nitrogen and oxygen atoms in total. The normalized spacial score (nSPS) is 21.3. The standard InChI is InChI=1S/C22H24N6O/c1-2-18-14-28-15-24-20(13-21(28)25-18)26-8-10-27(11-9-26)22(29)17-5-6-19-16(12-17)4-3-7-23-19/h3-7,12-13,15,18H,2,8-11,14H2,1H3. The molecule has 0 bridgehead atoms. The summed E-state index contributed by atoms with van der Waals surface area (Å²) >= 11 is 0. The van der Waals surface area contributed by atoms with Gasteiger partial charge in [-0.25, -0.2) is 4.99 Å². The summed E-state index contributed by atoms with van der Waals surface area (Å²) in [7, 11) is 0. The lowest BCUT2D eigenvalue weighted by Gasteiger charge is -2.37. The van der Waals surface area contributed by atoms with Crippen LogP contribution in [0.1, 0.15) is 23.7 Å². The van der Waals surface area contributed by atoms with E-state index >= 15 is 0 Å². The number of amides is 1. The Labute approximate surface area is 170 Å². The Morgan fingerprint density at radius 2 is 2.03 bits per heavy atom. The van der Waals surface area contributed by atoms with Gasteiger partial charge in [0.1, 0.15) is 11.7 Å². The summed E-state index contributed by atoms with van der Waals surface area (Å²) in [6.45, 7) is 6.00. The van der Waals surface area contributed by atoms with E-state index in [0.717, 1.165) is 54.2 Å². The number of amidine groups is 1. The first-order valence-electron chi connectivity index (χ1n) is 10.2. The van der Waals surface area contributed by atoms with Crippen molar-refractivity contribution < 1.29 is 4.79 Å². The van der Waals surface area contributed by atoms with Crippen molar-refractivity contribution in [3.05, 3.63) is 54.0 Å². The molecular formula is C22H24N6O. The van der Waals surface area contributed by atoms with Gasteiger partial charge in [0.15, 0.2) is 0 Å². The van der Waals surface area contributed by atoms with Crippen LogP contribution >= 0.6 is 0 Å². The van der Waals surface area contributed by atoms with Crippen LogP contribution in [0.3, 0.4) is 0 Å². The van der Waals surface area contributed by atoms with Crippen LogP contribution in [-0.4, -0.2) is 76.5 Å². The number of benzene rings is 1. The van der Waals surface area contributed by atoms with Crippen LogP contribution in [0.5, 0.6) is 0 Å². The molecule has 3 aliphatic heterocycles. The molecule has 0 spiro atoms. The fourth-order valence-electron chi connectivity index (χ4n) is 4.05. The summed E-state index contributed by atoms with van der Waals surface area (Å²) in [6, 6.07) is 9.96. The Balaban J connectivity index is 1.25. The Hall–Kier alpha value is -3.22. The number of aliphatic imine (C=N–C) groups is 2. The monoisotopic (exact) mass is 388 g/mol. The first kappa shape index (κ1) is 17.8. The third kappa shape index (κ3) is 3.37. The molecule has 1 atom stereocenters. The molecule has 1 aromatic carbocycles. The highest BCUT2D eigenvalue weighted by atomic mass is 16.2. The minimum Gasteiger partial charge on any atom is -0.353 e. The molecule has 7 heteroatoms. The van der Waals surface area contributed by atoms with Crippen LogP contribution in [0.4, 0.5) is 0 Å². The number of rotatable bonds is 3. The van der Waals surface area contributed by atoms with Crippen molar-refractivity contribution in [2.24, 2.45) is 9.98 Å². The highest BCUT2D eigenvalue weighted by Crippen LogP contribution is 2.21. The summed E-state index contributed by atoms with van der Waals surface area (Å²) < 4.78 is 0. The van der Waals surface area contributed by atoms with Gasteiger partial charge in [-0.2, -0.15) is 0 Å². The second kappa shape index (κ2) is 7.31. The molecule has 1 amide bonds. The highest BCUT2D eigenvalue weighted by molar-refractivity contribution is 6.03. The maximum absolute atomic E-state index is 13.0. The highest BCUT2D eigenvalue weighted by Gasteiger charge is 2.28. The predicted molar refractivity (Wildman–Crippen MR) is 114 cm³/mol. The molecule has 29 heavy (non-hydrogen) atoms. The Morgan fingerprint density at radius 3 is 2.86 bits per heavy atom. The zero-order valence-electron chi connectivity index (χ0n) is 16.5. The average molecular weight is 388 g/mol. The Bertz CT molecular complexity index is 1030. The zero-order valence-corrected chi connectivity index (χ0v) is 16.5. The summed E-state index contributed by atoms with van der Waals surface area (Å²) in [4.78, 5) is 33.0. The van der Waals surface area contributed by atoms with E-state index in [-0.39, 0.29) is 5.91 Å². The fourth-order valence-corrected chi connectivity index (χ4v) is 4.05. The molecule has 1 fully saturated rings. The third-order valence-corrected chi connectivity index (χ3v) is 5.82. The van der Waals surface area contributed by atoms with Gasteiger partial charge >= 0.3 is 0 Å². The summed E-state index contributed by atoms with van der Waals surface area (Å²) in [5.74, 6) is 2.03. The minimum absolute atomic E-state index is 0.0775. The second-order valence-corrected chi connectivity index (χ2v) is 7.64. The average Bonchev–Trinajstić information content (AvgIpc) is 3.21. The van der Waals surface area contributed by atoms with E-state index in [9.17, 15) is 4.79 Å². The van der Waals surface area contributed by atoms with Crippen molar-refractivity contribution in [3.8, 4) is 0 Å². The van der Waals surface area contributed by atoms with Gasteiger partial charge in [-0.1, -0.05) is 13.0 Å². The minimum atomic E-state index is 0.0775. The van der Waals surface area contributed by atoms with Gasteiger partial charge < -0.3 is 14.7 Å². The van der Waals surface area contributed by atoms with Crippen LogP contribution in [0.15, 0.2) is 58.4 Å². The van der Waals surface area contributed by atoms with Crippen LogP contribution in [-0.2, 0) is 0 Å². The van der Waals surface area contributed by atoms with Crippen molar-refractivity contribution in [3.63, 3.8) is 0 Å². The van der Waals surface area contributed by atoms with Crippen LogP contribution in [0.25, 0.3) is 10.9 Å². The van der Waals surface area contributed by atoms with Gasteiger partial charge in [-0.3, -0.25) is 14.8 Å². The third-order valence-electron chi connectivity index (χ3n) is 5.82. The lowest BCUT2D eigenvalue weighted by molar-refractivity contribution is 0.0668. The summed E-state index contributed by atoms with van der Waals surface area (Å²) in [6.07, 6.45) is 6.78. The van der Waals surface area contributed by atoms with E-state index in [1.807, 2.05) is 41.6 Å². The van der Waals surface area contributed by atoms with Crippen LogP contribution in [0.2, 0.25) is 0 Å². The predicted octanol–water partition coefficient (Wildman–Crippen LogP) is 2.37. The second-order valence-electron chi connectivity index (χ2n) is 7.64. The molecule has 1 aromatic heterocycles. The number of piperazine rings is 1. The van der Waals surface area contributed by atoms with Crippen molar-refractivity contribution in [2.75, 3.05) is 32.7 Å². The number of carbonyl (C=O) groups is 1. The lowest BCUT2D eigenvalue weighted by atomic mass is 10.1. The molecule has 1 saturated heterocycles. The largest absolute Gasteiger partial charge is 0.353 e. The van der Waals surface area contributed by atoms with E-state index in [2.05, 4.69) is 32.8 Å². The van der Waals surface area contributed by atoms with Gasteiger partial charge in [-0.05, 0) is 30.7 Å². The van der Waals surface area contributed by atoms with Gasteiger partial charge in [-0.15, -0.1) is 0 Å². The molecule has 1 unspecified atom stereocenters. The molecule has 2 aromatic rings. The van der Waals surface area contributed by atoms with Gasteiger partial charge in [0.05, 0.1) is 17.9 Å². The molecule has 0 aliphatic carbocycles. The fraction of sp³-hybridized carbons (Fsp3) is 0.364. The topological polar surface area (TPSA) is 64.4 Å².